The molecule has 1 aromatic rings. The summed E-state index contributed by atoms with van der Waals surface area (Å²) in [5.41, 5.74) is 8.94. The van der Waals surface area contributed by atoms with E-state index in [2.05, 4.69) is 52.0 Å². The van der Waals surface area contributed by atoms with E-state index in [1.54, 1.807) is 0 Å². The zero-order chi connectivity index (χ0) is 10.8. The predicted molar refractivity (Wildman–Crippen MR) is 62.2 cm³/mol. The van der Waals surface area contributed by atoms with E-state index in [0.717, 1.165) is 6.42 Å². The summed E-state index contributed by atoms with van der Waals surface area (Å²) >= 11 is 0. The average Bonchev–Trinajstić information content (AvgIpc) is 2.15. The number of aryl methyl sites for hydroxylation is 1. The molecule has 1 atom stereocenters. The van der Waals surface area contributed by atoms with Crippen molar-refractivity contribution in [3.63, 3.8) is 0 Å². The van der Waals surface area contributed by atoms with Gasteiger partial charge in [0.05, 0.1) is 0 Å². The third-order valence-corrected chi connectivity index (χ3v) is 2.65. The Morgan fingerprint density at radius 1 is 1.29 bits per heavy atom. The zero-order valence-electron chi connectivity index (χ0n) is 9.67. The Bertz CT molecular complexity index is 296. The molecule has 0 radical (unpaired) electrons. The topological polar surface area (TPSA) is 26.0 Å². The first-order valence-corrected chi connectivity index (χ1v) is 5.29. The van der Waals surface area contributed by atoms with Crippen LogP contribution < -0.4 is 5.73 Å². The van der Waals surface area contributed by atoms with Gasteiger partial charge >= 0.3 is 0 Å². The Balaban J connectivity index is 2.95. The molecule has 14 heavy (non-hydrogen) atoms. The lowest BCUT2D eigenvalue weighted by Crippen LogP contribution is -2.26. The van der Waals surface area contributed by atoms with Gasteiger partial charge in [-0.25, -0.2) is 0 Å². The van der Waals surface area contributed by atoms with Crippen molar-refractivity contribution >= 4 is 0 Å². The van der Waals surface area contributed by atoms with Crippen LogP contribution >= 0.6 is 0 Å². The van der Waals surface area contributed by atoms with Gasteiger partial charge in [-0.1, -0.05) is 52.0 Å². The maximum Gasteiger partial charge on any atom is 0.0344 e. The summed E-state index contributed by atoms with van der Waals surface area (Å²) < 4.78 is 0. The molecule has 0 aromatic heterocycles. The molecule has 0 aliphatic carbocycles. The largest absolute Gasteiger partial charge is 0.324 e. The van der Waals surface area contributed by atoms with Gasteiger partial charge in [-0.2, -0.15) is 0 Å². The number of benzene rings is 1. The first-order chi connectivity index (χ1) is 6.45. The Hall–Kier alpha value is -0.820. The van der Waals surface area contributed by atoms with Crippen molar-refractivity contribution < 1.29 is 0 Å². The van der Waals surface area contributed by atoms with E-state index >= 15 is 0 Å². The summed E-state index contributed by atoms with van der Waals surface area (Å²) in [4.78, 5) is 0. The fourth-order valence-electron chi connectivity index (χ4n) is 1.51. The minimum absolute atomic E-state index is 0.119. The minimum Gasteiger partial charge on any atom is -0.324 e. The van der Waals surface area contributed by atoms with E-state index < -0.39 is 0 Å². The molecule has 0 aliphatic rings. The predicted octanol–water partition coefficient (Wildman–Crippen LogP) is 3.29. The summed E-state index contributed by atoms with van der Waals surface area (Å²) in [7, 11) is 0. The lowest BCUT2D eigenvalue weighted by atomic mass is 9.82. The van der Waals surface area contributed by atoms with Gasteiger partial charge in [0.25, 0.3) is 0 Å². The molecule has 0 fully saturated rings. The lowest BCUT2D eigenvalue weighted by molar-refractivity contribution is 0.327. The molecular formula is C13H21N. The highest BCUT2D eigenvalue weighted by Crippen LogP contribution is 2.30. The van der Waals surface area contributed by atoms with Crippen LogP contribution in [0.3, 0.4) is 0 Å². The normalized spacial score (nSPS) is 14.1. The van der Waals surface area contributed by atoms with E-state index in [-0.39, 0.29) is 11.5 Å². The number of rotatable bonds is 2. The van der Waals surface area contributed by atoms with Gasteiger partial charge in [0.1, 0.15) is 0 Å². The van der Waals surface area contributed by atoms with Crippen molar-refractivity contribution in [3.8, 4) is 0 Å². The second-order valence-corrected chi connectivity index (χ2v) is 4.94. The van der Waals surface area contributed by atoms with Crippen LogP contribution in [-0.4, -0.2) is 0 Å². The maximum atomic E-state index is 6.20. The Labute approximate surface area is 87.3 Å². The van der Waals surface area contributed by atoms with Crippen LogP contribution in [0.5, 0.6) is 0 Å². The van der Waals surface area contributed by atoms with Crippen molar-refractivity contribution in [1.29, 1.82) is 0 Å². The maximum absolute atomic E-state index is 6.20. The fourth-order valence-corrected chi connectivity index (χ4v) is 1.51. The quantitative estimate of drug-likeness (QED) is 0.762. The van der Waals surface area contributed by atoms with Crippen LogP contribution in [0.25, 0.3) is 0 Å². The van der Waals surface area contributed by atoms with Crippen LogP contribution in [-0.2, 0) is 6.42 Å². The van der Waals surface area contributed by atoms with E-state index in [4.69, 9.17) is 5.73 Å². The van der Waals surface area contributed by atoms with E-state index in [9.17, 15) is 0 Å². The van der Waals surface area contributed by atoms with Crippen molar-refractivity contribution in [2.45, 2.75) is 40.2 Å². The van der Waals surface area contributed by atoms with Crippen LogP contribution in [0.15, 0.2) is 24.3 Å². The highest BCUT2D eigenvalue weighted by molar-refractivity contribution is 5.26. The van der Waals surface area contributed by atoms with E-state index in [1.165, 1.54) is 11.1 Å². The first kappa shape index (κ1) is 11.3. The fraction of sp³-hybridized carbons (Fsp3) is 0.538. The smallest absolute Gasteiger partial charge is 0.0344 e. The lowest BCUT2D eigenvalue weighted by Gasteiger charge is -2.27. The SMILES string of the molecule is CCc1cccc([C@H](N)C(C)(C)C)c1. The molecule has 0 heterocycles. The Morgan fingerprint density at radius 2 is 1.93 bits per heavy atom. The van der Waals surface area contributed by atoms with E-state index in [0.29, 0.717) is 0 Å². The molecule has 0 amide bonds. The molecule has 1 heteroatoms. The summed E-state index contributed by atoms with van der Waals surface area (Å²) in [6, 6.07) is 8.71. The van der Waals surface area contributed by atoms with Gasteiger partial charge in [-0.3, -0.25) is 0 Å². The van der Waals surface area contributed by atoms with Crippen LogP contribution in [0.4, 0.5) is 0 Å². The van der Waals surface area contributed by atoms with Gasteiger partial charge in [0.15, 0.2) is 0 Å². The van der Waals surface area contributed by atoms with Gasteiger partial charge in [0.2, 0.25) is 0 Å². The second-order valence-electron chi connectivity index (χ2n) is 4.94. The van der Waals surface area contributed by atoms with Crippen molar-refractivity contribution in [1.82, 2.24) is 0 Å². The highest BCUT2D eigenvalue weighted by atomic mass is 14.7. The molecule has 0 unspecified atom stereocenters. The molecular weight excluding hydrogens is 170 g/mol. The van der Waals surface area contributed by atoms with Crippen LogP contribution in [0.1, 0.15) is 44.9 Å². The minimum atomic E-state index is 0.119. The third-order valence-electron chi connectivity index (χ3n) is 2.65. The summed E-state index contributed by atoms with van der Waals surface area (Å²) in [5, 5.41) is 0. The standard InChI is InChI=1S/C13H21N/c1-5-10-7-6-8-11(9-10)12(14)13(2,3)4/h6-9,12H,5,14H2,1-4H3/t12-/m0/s1. The molecule has 0 aliphatic heterocycles. The monoisotopic (exact) mass is 191 g/mol. The second kappa shape index (κ2) is 4.14. The van der Waals surface area contributed by atoms with Gasteiger partial charge in [-0.05, 0) is 23.0 Å². The van der Waals surface area contributed by atoms with Gasteiger partial charge in [-0.15, -0.1) is 0 Å². The Kier molecular flexibility index (Phi) is 3.33. The number of hydrogen-bond acceptors (Lipinski definition) is 1. The van der Waals surface area contributed by atoms with Crippen molar-refractivity contribution in [2.24, 2.45) is 11.1 Å². The molecule has 0 saturated carbocycles. The molecule has 0 saturated heterocycles. The summed E-state index contributed by atoms with van der Waals surface area (Å²) in [6.07, 6.45) is 1.07. The number of hydrogen-bond donors (Lipinski definition) is 1. The van der Waals surface area contributed by atoms with Crippen LogP contribution in [0.2, 0.25) is 0 Å². The molecule has 78 valence electrons. The first-order valence-electron chi connectivity index (χ1n) is 5.29. The summed E-state index contributed by atoms with van der Waals surface area (Å²) in [5.74, 6) is 0. The molecule has 0 spiro atoms. The Morgan fingerprint density at radius 3 is 2.43 bits per heavy atom. The molecule has 0 bridgehead atoms. The van der Waals surface area contributed by atoms with Crippen molar-refractivity contribution in [2.75, 3.05) is 0 Å². The molecule has 1 rings (SSSR count). The highest BCUT2D eigenvalue weighted by Gasteiger charge is 2.21. The third kappa shape index (κ3) is 2.58. The van der Waals surface area contributed by atoms with Crippen LogP contribution in [0, 0.1) is 5.41 Å². The van der Waals surface area contributed by atoms with E-state index in [1.807, 2.05) is 0 Å². The molecule has 1 nitrogen and oxygen atoms in total. The van der Waals surface area contributed by atoms with Gasteiger partial charge < -0.3 is 5.73 Å². The number of nitrogens with two attached hydrogens (primary N) is 1. The van der Waals surface area contributed by atoms with Crippen molar-refractivity contribution in [3.05, 3.63) is 35.4 Å². The zero-order valence-corrected chi connectivity index (χ0v) is 9.67. The average molecular weight is 191 g/mol. The summed E-state index contributed by atoms with van der Waals surface area (Å²) in [6.45, 7) is 8.70. The van der Waals surface area contributed by atoms with Gasteiger partial charge in [0, 0.05) is 6.04 Å². The molecule has 2 N–H and O–H groups in total. The molecule has 1 aromatic carbocycles.